The summed E-state index contributed by atoms with van der Waals surface area (Å²) in [4.78, 5) is 16.6. The normalized spacial score (nSPS) is 10.5. The summed E-state index contributed by atoms with van der Waals surface area (Å²) < 4.78 is 6.00. The van der Waals surface area contributed by atoms with Crippen molar-refractivity contribution < 1.29 is 9.53 Å². The maximum atomic E-state index is 12.1. The summed E-state index contributed by atoms with van der Waals surface area (Å²) in [6.45, 7) is 0. The molecule has 0 aliphatic carbocycles. The zero-order valence-corrected chi connectivity index (χ0v) is 15.8. The van der Waals surface area contributed by atoms with Crippen LogP contribution in [0, 0.1) is 0 Å². The summed E-state index contributed by atoms with van der Waals surface area (Å²) in [6, 6.07) is 14.8. The molecule has 0 bridgehead atoms. The summed E-state index contributed by atoms with van der Waals surface area (Å²) in [5.74, 6) is 0.921. The number of benzene rings is 2. The minimum Gasteiger partial charge on any atom is -0.497 e. The number of thiazole rings is 1. The second kappa shape index (κ2) is 8.38. The average molecular weight is 391 g/mol. The fourth-order valence-corrected chi connectivity index (χ4v) is 3.86. The van der Waals surface area contributed by atoms with E-state index in [0.29, 0.717) is 22.2 Å². The molecule has 4 nitrogen and oxygen atoms in total. The molecule has 25 heavy (non-hydrogen) atoms. The average Bonchev–Trinajstić information content (AvgIpc) is 3.10. The Morgan fingerprint density at radius 2 is 2.08 bits per heavy atom. The van der Waals surface area contributed by atoms with Gasteiger partial charge in [-0.3, -0.25) is 4.79 Å². The number of carbonyl (C=O) groups is 1. The topological polar surface area (TPSA) is 51.2 Å². The first-order valence-corrected chi connectivity index (χ1v) is 9.66. The molecule has 1 heterocycles. The molecule has 0 aliphatic heterocycles. The van der Waals surface area contributed by atoms with Crippen LogP contribution in [-0.4, -0.2) is 23.8 Å². The Labute approximate surface area is 159 Å². The van der Waals surface area contributed by atoms with E-state index in [1.807, 2.05) is 47.8 Å². The van der Waals surface area contributed by atoms with Crippen molar-refractivity contribution in [1.29, 1.82) is 0 Å². The van der Waals surface area contributed by atoms with Gasteiger partial charge in [-0.1, -0.05) is 41.6 Å². The molecule has 0 atom stereocenters. The number of hydrogen-bond acceptors (Lipinski definition) is 5. The second-order valence-electron chi connectivity index (χ2n) is 5.07. The van der Waals surface area contributed by atoms with Crippen molar-refractivity contribution >= 4 is 46.3 Å². The molecule has 0 saturated heterocycles. The van der Waals surface area contributed by atoms with Crippen molar-refractivity contribution in [1.82, 2.24) is 4.98 Å². The van der Waals surface area contributed by atoms with Gasteiger partial charge in [0.25, 0.3) is 0 Å². The lowest BCUT2D eigenvalue weighted by Gasteiger charge is -2.06. The molecule has 0 saturated carbocycles. The van der Waals surface area contributed by atoms with E-state index >= 15 is 0 Å². The maximum absolute atomic E-state index is 12.1. The summed E-state index contributed by atoms with van der Waals surface area (Å²) >= 11 is 8.84. The highest BCUT2D eigenvalue weighted by Crippen LogP contribution is 2.29. The van der Waals surface area contributed by atoms with Crippen LogP contribution in [0.25, 0.3) is 11.3 Å². The van der Waals surface area contributed by atoms with Gasteiger partial charge in [0.15, 0.2) is 4.34 Å². The number of hydrogen-bond donors (Lipinski definition) is 1. The molecule has 0 aliphatic rings. The number of halogens is 1. The molecule has 1 amide bonds. The SMILES string of the molecule is COc1cccc(NC(=O)CSc2nc(-c3ccc(Cl)cc3)cs2)c1. The lowest BCUT2D eigenvalue weighted by Crippen LogP contribution is -2.13. The van der Waals surface area contributed by atoms with Crippen molar-refractivity contribution in [2.24, 2.45) is 0 Å². The highest BCUT2D eigenvalue weighted by molar-refractivity contribution is 8.01. The van der Waals surface area contributed by atoms with Gasteiger partial charge >= 0.3 is 0 Å². The predicted octanol–water partition coefficient (Wildman–Crippen LogP) is 5.20. The van der Waals surface area contributed by atoms with Gasteiger partial charge in [-0.15, -0.1) is 11.3 Å². The van der Waals surface area contributed by atoms with E-state index in [4.69, 9.17) is 16.3 Å². The monoisotopic (exact) mass is 390 g/mol. The van der Waals surface area contributed by atoms with E-state index in [0.717, 1.165) is 15.6 Å². The minimum atomic E-state index is -0.0819. The molecule has 128 valence electrons. The van der Waals surface area contributed by atoms with E-state index in [9.17, 15) is 4.79 Å². The number of nitrogens with one attached hydrogen (secondary N) is 1. The largest absolute Gasteiger partial charge is 0.497 e. The Bertz CT molecular complexity index is 866. The van der Waals surface area contributed by atoms with Crippen molar-refractivity contribution in [2.75, 3.05) is 18.2 Å². The smallest absolute Gasteiger partial charge is 0.234 e. The number of nitrogens with zero attached hydrogens (tertiary/aromatic N) is 1. The molecule has 2 aromatic carbocycles. The van der Waals surface area contributed by atoms with Crippen LogP contribution in [0.2, 0.25) is 5.02 Å². The Morgan fingerprint density at radius 1 is 1.28 bits per heavy atom. The minimum absolute atomic E-state index is 0.0819. The lowest BCUT2D eigenvalue weighted by molar-refractivity contribution is -0.113. The fraction of sp³-hybridized carbons (Fsp3) is 0.111. The fourth-order valence-electron chi connectivity index (χ4n) is 2.10. The molecule has 3 rings (SSSR count). The highest BCUT2D eigenvalue weighted by Gasteiger charge is 2.09. The molecular weight excluding hydrogens is 376 g/mol. The quantitative estimate of drug-likeness (QED) is 0.587. The van der Waals surface area contributed by atoms with Crippen molar-refractivity contribution in [2.45, 2.75) is 4.34 Å². The summed E-state index contributed by atoms with van der Waals surface area (Å²) in [6.07, 6.45) is 0. The van der Waals surface area contributed by atoms with Crippen LogP contribution in [0.5, 0.6) is 5.75 Å². The first-order valence-electron chi connectivity index (χ1n) is 7.42. The zero-order chi connectivity index (χ0) is 17.6. The summed E-state index contributed by atoms with van der Waals surface area (Å²) in [5, 5.41) is 5.53. The number of ether oxygens (including phenoxy) is 1. The van der Waals surface area contributed by atoms with E-state index in [2.05, 4.69) is 10.3 Å². The summed E-state index contributed by atoms with van der Waals surface area (Å²) in [7, 11) is 1.59. The van der Waals surface area contributed by atoms with Gasteiger partial charge in [0.2, 0.25) is 5.91 Å². The van der Waals surface area contributed by atoms with Crippen molar-refractivity contribution in [3.63, 3.8) is 0 Å². The summed E-state index contributed by atoms with van der Waals surface area (Å²) in [5.41, 5.74) is 2.61. The lowest BCUT2D eigenvalue weighted by atomic mass is 10.2. The van der Waals surface area contributed by atoms with E-state index < -0.39 is 0 Å². The third kappa shape index (κ3) is 4.98. The van der Waals surface area contributed by atoms with Gasteiger partial charge in [0.05, 0.1) is 18.6 Å². The molecule has 0 fully saturated rings. The van der Waals surface area contributed by atoms with Crippen molar-refractivity contribution in [3.05, 3.63) is 58.9 Å². The van der Waals surface area contributed by atoms with Crippen LogP contribution in [-0.2, 0) is 4.79 Å². The van der Waals surface area contributed by atoms with Crippen LogP contribution >= 0.6 is 34.7 Å². The number of anilines is 1. The number of rotatable bonds is 6. The van der Waals surface area contributed by atoms with Gasteiger partial charge in [-0.2, -0.15) is 0 Å². The first-order chi connectivity index (χ1) is 12.1. The van der Waals surface area contributed by atoms with Gasteiger partial charge in [-0.25, -0.2) is 4.98 Å². The number of carbonyl (C=O) groups excluding carboxylic acids is 1. The number of aromatic nitrogens is 1. The van der Waals surface area contributed by atoms with Crippen LogP contribution < -0.4 is 10.1 Å². The molecule has 0 radical (unpaired) electrons. The van der Waals surface area contributed by atoms with Gasteiger partial charge in [0.1, 0.15) is 5.75 Å². The molecule has 1 aromatic heterocycles. The molecule has 1 N–H and O–H groups in total. The van der Waals surface area contributed by atoms with Crippen LogP contribution in [0.1, 0.15) is 0 Å². The molecular formula is C18H15ClN2O2S2. The predicted molar refractivity (Wildman–Crippen MR) is 105 cm³/mol. The highest BCUT2D eigenvalue weighted by atomic mass is 35.5. The molecule has 7 heteroatoms. The molecule has 3 aromatic rings. The second-order valence-corrected chi connectivity index (χ2v) is 7.59. The molecule has 0 unspecified atom stereocenters. The van der Waals surface area contributed by atoms with E-state index in [1.54, 1.807) is 13.2 Å². The van der Waals surface area contributed by atoms with Gasteiger partial charge < -0.3 is 10.1 Å². The van der Waals surface area contributed by atoms with E-state index in [-0.39, 0.29) is 5.91 Å². The van der Waals surface area contributed by atoms with Crippen LogP contribution in [0.15, 0.2) is 58.3 Å². The maximum Gasteiger partial charge on any atom is 0.234 e. The van der Waals surface area contributed by atoms with E-state index in [1.165, 1.54) is 23.1 Å². The number of amides is 1. The Morgan fingerprint density at radius 3 is 2.84 bits per heavy atom. The van der Waals surface area contributed by atoms with Crippen LogP contribution in [0.3, 0.4) is 0 Å². The van der Waals surface area contributed by atoms with Gasteiger partial charge in [-0.05, 0) is 24.3 Å². The zero-order valence-electron chi connectivity index (χ0n) is 13.4. The van der Waals surface area contributed by atoms with Crippen molar-refractivity contribution in [3.8, 4) is 17.0 Å². The third-order valence-corrected chi connectivity index (χ3v) is 5.58. The van der Waals surface area contributed by atoms with Crippen LogP contribution in [0.4, 0.5) is 5.69 Å². The third-order valence-electron chi connectivity index (χ3n) is 3.30. The molecule has 0 spiro atoms. The Balaban J connectivity index is 1.56. The van der Waals surface area contributed by atoms with Gasteiger partial charge in [0, 0.05) is 27.7 Å². The Kier molecular flexibility index (Phi) is 5.96. The number of thioether (sulfide) groups is 1. The standard InChI is InChI=1S/C18H15ClN2O2S2/c1-23-15-4-2-3-14(9-15)20-17(22)11-25-18-21-16(10-24-18)12-5-7-13(19)8-6-12/h2-10H,11H2,1H3,(H,20,22). The Hall–Kier alpha value is -2.02. The number of methoxy groups -OCH3 is 1. The first kappa shape index (κ1) is 17.8.